The number of amides is 1. The van der Waals surface area contributed by atoms with Gasteiger partial charge in [-0.15, -0.1) is 0 Å². The molecule has 0 heterocycles. The predicted octanol–water partition coefficient (Wildman–Crippen LogP) is -0.359. The van der Waals surface area contributed by atoms with Crippen LogP contribution in [0.15, 0.2) is 24.3 Å². The Hall–Kier alpha value is -1.90. The molecule has 0 bridgehead atoms. The molecule has 5 nitrogen and oxygen atoms in total. The number of carbonyl (C=O) groups excluding carboxylic acids is 1. The molecule has 5 heteroatoms. The van der Waals surface area contributed by atoms with Crippen molar-refractivity contribution < 1.29 is 15.0 Å². The zero-order chi connectivity index (χ0) is 12.0. The Morgan fingerprint density at radius 3 is 2.31 bits per heavy atom. The molecular formula is C11H12N2O3. The summed E-state index contributed by atoms with van der Waals surface area (Å²) in [5, 5.41) is 28.6. The third-order valence-electron chi connectivity index (χ3n) is 2.05. The monoisotopic (exact) mass is 220 g/mol. The van der Waals surface area contributed by atoms with Crippen LogP contribution in [0.4, 0.5) is 0 Å². The molecule has 84 valence electrons. The summed E-state index contributed by atoms with van der Waals surface area (Å²) in [6.45, 7) is -0.642. The van der Waals surface area contributed by atoms with Gasteiger partial charge in [0.25, 0.3) is 5.91 Å². The fraction of sp³-hybridized carbons (Fsp3) is 0.273. The van der Waals surface area contributed by atoms with Gasteiger partial charge in [0.2, 0.25) is 0 Å². The average molecular weight is 220 g/mol. The van der Waals surface area contributed by atoms with E-state index < -0.39 is 11.9 Å². The van der Waals surface area contributed by atoms with E-state index in [9.17, 15) is 4.79 Å². The number of benzene rings is 1. The second-order valence-electron chi connectivity index (χ2n) is 3.22. The van der Waals surface area contributed by atoms with Crippen LogP contribution in [0.25, 0.3) is 0 Å². The molecule has 0 aromatic heterocycles. The van der Waals surface area contributed by atoms with Crippen LogP contribution in [0, 0.1) is 11.3 Å². The van der Waals surface area contributed by atoms with E-state index in [4.69, 9.17) is 15.5 Å². The van der Waals surface area contributed by atoms with Gasteiger partial charge >= 0.3 is 0 Å². The largest absolute Gasteiger partial charge is 0.394 e. The summed E-state index contributed by atoms with van der Waals surface area (Å²) in [4.78, 5) is 11.6. The maximum Gasteiger partial charge on any atom is 0.251 e. The Balaban J connectivity index is 2.70. The number of rotatable bonds is 4. The summed E-state index contributed by atoms with van der Waals surface area (Å²) >= 11 is 0. The van der Waals surface area contributed by atoms with Crippen molar-refractivity contribution in [3.8, 4) is 6.07 Å². The number of aliphatic hydroxyl groups is 2. The van der Waals surface area contributed by atoms with E-state index in [1.807, 2.05) is 6.07 Å². The maximum atomic E-state index is 11.6. The zero-order valence-corrected chi connectivity index (χ0v) is 8.55. The molecule has 0 fully saturated rings. The summed E-state index contributed by atoms with van der Waals surface area (Å²) in [5.41, 5.74) is 0.850. The lowest BCUT2D eigenvalue weighted by Crippen LogP contribution is -2.40. The van der Waals surface area contributed by atoms with Gasteiger partial charge in [-0.2, -0.15) is 5.26 Å². The molecule has 0 aliphatic rings. The normalized spacial score (nSPS) is 9.88. The summed E-state index contributed by atoms with van der Waals surface area (Å²) in [7, 11) is 0. The van der Waals surface area contributed by atoms with Gasteiger partial charge in [-0.05, 0) is 24.3 Å². The van der Waals surface area contributed by atoms with Gasteiger partial charge in [-0.1, -0.05) is 0 Å². The Kier molecular flexibility index (Phi) is 4.45. The zero-order valence-electron chi connectivity index (χ0n) is 8.55. The first-order valence-corrected chi connectivity index (χ1v) is 4.74. The van der Waals surface area contributed by atoms with Crippen LogP contribution in [-0.4, -0.2) is 35.4 Å². The summed E-state index contributed by atoms with van der Waals surface area (Å²) in [6.07, 6.45) is 0. The molecule has 0 saturated heterocycles. The highest BCUT2D eigenvalue weighted by Crippen LogP contribution is 2.03. The van der Waals surface area contributed by atoms with E-state index in [-0.39, 0.29) is 13.2 Å². The molecule has 1 aromatic carbocycles. The SMILES string of the molecule is N#Cc1ccc(C(=O)NC(CO)CO)cc1. The smallest absolute Gasteiger partial charge is 0.251 e. The van der Waals surface area contributed by atoms with Gasteiger partial charge in [0, 0.05) is 5.56 Å². The molecule has 0 atom stereocenters. The summed E-state index contributed by atoms with van der Waals surface area (Å²) < 4.78 is 0. The van der Waals surface area contributed by atoms with Crippen molar-refractivity contribution in [1.29, 1.82) is 5.26 Å². The molecular weight excluding hydrogens is 208 g/mol. The van der Waals surface area contributed by atoms with E-state index in [0.717, 1.165) is 0 Å². The fourth-order valence-corrected chi connectivity index (χ4v) is 1.11. The predicted molar refractivity (Wildman–Crippen MR) is 56.6 cm³/mol. The highest BCUT2D eigenvalue weighted by molar-refractivity contribution is 5.94. The van der Waals surface area contributed by atoms with Gasteiger partial charge in [-0.25, -0.2) is 0 Å². The van der Waals surface area contributed by atoms with E-state index in [0.29, 0.717) is 11.1 Å². The van der Waals surface area contributed by atoms with Gasteiger partial charge < -0.3 is 15.5 Å². The van der Waals surface area contributed by atoms with Crippen molar-refractivity contribution in [1.82, 2.24) is 5.32 Å². The van der Waals surface area contributed by atoms with Crippen molar-refractivity contribution in [2.75, 3.05) is 13.2 Å². The molecule has 0 saturated carbocycles. The van der Waals surface area contributed by atoms with Gasteiger partial charge in [0.1, 0.15) is 0 Å². The molecule has 0 unspecified atom stereocenters. The molecule has 1 amide bonds. The number of carbonyl (C=O) groups is 1. The molecule has 0 radical (unpaired) electrons. The number of aliphatic hydroxyl groups excluding tert-OH is 2. The first kappa shape index (κ1) is 12.2. The maximum absolute atomic E-state index is 11.6. The van der Waals surface area contributed by atoms with Crippen molar-refractivity contribution >= 4 is 5.91 Å². The van der Waals surface area contributed by atoms with Crippen LogP contribution in [0.2, 0.25) is 0 Å². The van der Waals surface area contributed by atoms with Crippen LogP contribution < -0.4 is 5.32 Å². The number of nitrogens with zero attached hydrogens (tertiary/aromatic N) is 1. The number of nitriles is 1. The molecule has 0 aliphatic heterocycles. The average Bonchev–Trinajstić information content (AvgIpc) is 2.35. The number of hydrogen-bond acceptors (Lipinski definition) is 4. The minimum absolute atomic E-state index is 0.321. The lowest BCUT2D eigenvalue weighted by Gasteiger charge is -2.13. The fourth-order valence-electron chi connectivity index (χ4n) is 1.11. The van der Waals surface area contributed by atoms with Crippen molar-refractivity contribution in [3.63, 3.8) is 0 Å². The van der Waals surface area contributed by atoms with Gasteiger partial charge in [0.05, 0.1) is 30.9 Å². The minimum atomic E-state index is -0.664. The van der Waals surface area contributed by atoms with Gasteiger partial charge in [0.15, 0.2) is 0 Å². The second kappa shape index (κ2) is 5.85. The molecule has 16 heavy (non-hydrogen) atoms. The quantitative estimate of drug-likeness (QED) is 0.646. The Labute approximate surface area is 92.9 Å². The summed E-state index contributed by atoms with van der Waals surface area (Å²) in [6, 6.07) is 7.37. The van der Waals surface area contributed by atoms with Crippen LogP contribution in [0.3, 0.4) is 0 Å². The van der Waals surface area contributed by atoms with Crippen molar-refractivity contribution in [2.24, 2.45) is 0 Å². The standard InChI is InChI=1S/C11H12N2O3/c12-5-8-1-3-9(4-2-8)11(16)13-10(6-14)7-15/h1-4,10,14-15H,6-7H2,(H,13,16). The van der Waals surface area contributed by atoms with Gasteiger partial charge in [-0.3, -0.25) is 4.79 Å². The Morgan fingerprint density at radius 2 is 1.88 bits per heavy atom. The third kappa shape index (κ3) is 3.05. The van der Waals surface area contributed by atoms with Crippen LogP contribution in [0.1, 0.15) is 15.9 Å². The second-order valence-corrected chi connectivity index (χ2v) is 3.22. The Bertz CT molecular complexity index is 391. The highest BCUT2D eigenvalue weighted by Gasteiger charge is 2.11. The minimum Gasteiger partial charge on any atom is -0.394 e. The molecule has 1 rings (SSSR count). The first-order valence-electron chi connectivity index (χ1n) is 4.74. The van der Waals surface area contributed by atoms with E-state index in [1.54, 1.807) is 0 Å². The lowest BCUT2D eigenvalue weighted by molar-refractivity contribution is 0.0879. The van der Waals surface area contributed by atoms with Crippen LogP contribution in [-0.2, 0) is 0 Å². The lowest BCUT2D eigenvalue weighted by atomic mass is 10.1. The molecule has 0 aliphatic carbocycles. The van der Waals surface area contributed by atoms with E-state index >= 15 is 0 Å². The topological polar surface area (TPSA) is 93.4 Å². The van der Waals surface area contributed by atoms with Crippen molar-refractivity contribution in [3.05, 3.63) is 35.4 Å². The van der Waals surface area contributed by atoms with E-state index in [1.165, 1.54) is 24.3 Å². The Morgan fingerprint density at radius 1 is 1.31 bits per heavy atom. The van der Waals surface area contributed by atoms with Crippen LogP contribution in [0.5, 0.6) is 0 Å². The third-order valence-corrected chi connectivity index (χ3v) is 2.05. The molecule has 0 spiro atoms. The molecule has 1 aromatic rings. The number of nitrogens with one attached hydrogen (secondary N) is 1. The first-order chi connectivity index (χ1) is 7.71. The molecule has 3 N–H and O–H groups in total. The van der Waals surface area contributed by atoms with E-state index in [2.05, 4.69) is 5.32 Å². The van der Waals surface area contributed by atoms with Crippen molar-refractivity contribution in [2.45, 2.75) is 6.04 Å². The number of hydrogen-bond donors (Lipinski definition) is 3. The van der Waals surface area contributed by atoms with Crippen LogP contribution >= 0.6 is 0 Å². The highest BCUT2D eigenvalue weighted by atomic mass is 16.3. The summed E-state index contributed by atoms with van der Waals surface area (Å²) in [5.74, 6) is -0.391.